The number of nitrogens with two attached hydrogens (primary N) is 1. The van der Waals surface area contributed by atoms with Crippen molar-refractivity contribution < 1.29 is 12.4 Å². The molecule has 0 bridgehead atoms. The van der Waals surface area contributed by atoms with Gasteiger partial charge in [-0.05, 0) is 24.5 Å². The van der Waals surface area contributed by atoms with E-state index >= 15 is 0 Å². The average Bonchev–Trinajstić information content (AvgIpc) is 2.10. The lowest BCUT2D eigenvalue weighted by molar-refractivity contribution is -0.00000283. The molecular formula is C9H12ClN3. The Morgan fingerprint density at radius 3 is 2.54 bits per heavy atom. The van der Waals surface area contributed by atoms with Crippen molar-refractivity contribution in [2.75, 3.05) is 5.73 Å². The van der Waals surface area contributed by atoms with Gasteiger partial charge in [-0.25, -0.2) is 0 Å². The molecule has 2 N–H and O–H groups in total. The fourth-order valence-corrected chi connectivity index (χ4v) is 1.23. The minimum atomic E-state index is 0. The molecule has 0 heterocycles. The second-order valence-electron chi connectivity index (χ2n) is 2.74. The SMILES string of the molecule is CCc1ccc([N+]#N)c(N)c1C.[Cl-]. The molecule has 3 nitrogen and oxygen atoms in total. The highest BCUT2D eigenvalue weighted by atomic mass is 35.5. The number of aryl methyl sites for hydroxylation is 1. The monoisotopic (exact) mass is 197 g/mol. The molecule has 0 saturated heterocycles. The summed E-state index contributed by atoms with van der Waals surface area (Å²) in [5.41, 5.74) is 8.93. The van der Waals surface area contributed by atoms with Crippen LogP contribution in [0.15, 0.2) is 12.1 Å². The van der Waals surface area contributed by atoms with Crippen molar-refractivity contribution in [2.45, 2.75) is 20.3 Å². The Kier molecular flexibility index (Phi) is 4.22. The Hall–Kier alpha value is -1.27. The zero-order valence-electron chi connectivity index (χ0n) is 7.71. The third kappa shape index (κ3) is 2.10. The van der Waals surface area contributed by atoms with Crippen LogP contribution in [0, 0.1) is 12.3 Å². The van der Waals surface area contributed by atoms with Crippen LogP contribution in [0.25, 0.3) is 4.98 Å². The molecule has 1 rings (SSSR count). The fourth-order valence-electron chi connectivity index (χ4n) is 1.23. The quantitative estimate of drug-likeness (QED) is 0.493. The minimum Gasteiger partial charge on any atom is -1.00 e. The molecule has 1 aromatic carbocycles. The van der Waals surface area contributed by atoms with Crippen molar-refractivity contribution >= 4 is 11.4 Å². The van der Waals surface area contributed by atoms with Crippen LogP contribution in [-0.2, 0) is 6.42 Å². The molecule has 0 aliphatic carbocycles. The molecule has 0 unspecified atom stereocenters. The van der Waals surface area contributed by atoms with Crippen molar-refractivity contribution in [2.24, 2.45) is 0 Å². The Bertz CT molecular complexity index is 341. The molecule has 0 radical (unpaired) electrons. The molecule has 4 heteroatoms. The zero-order valence-corrected chi connectivity index (χ0v) is 8.47. The molecule has 0 amide bonds. The van der Waals surface area contributed by atoms with E-state index in [0.29, 0.717) is 11.4 Å². The van der Waals surface area contributed by atoms with Gasteiger partial charge in [0.1, 0.15) is 5.69 Å². The van der Waals surface area contributed by atoms with E-state index in [1.165, 1.54) is 5.56 Å². The van der Waals surface area contributed by atoms with Gasteiger partial charge in [-0.15, -0.1) is 0 Å². The van der Waals surface area contributed by atoms with E-state index in [1.807, 2.05) is 13.0 Å². The minimum absolute atomic E-state index is 0. The standard InChI is InChI=1S/C9H12N3.ClH/c1-3-7-4-5-8(12-11)9(10)6(7)2;/h4-5H,3,10H2,1-2H3;1H/q+1;/p-1. The second kappa shape index (κ2) is 4.68. The van der Waals surface area contributed by atoms with Crippen molar-refractivity contribution in [1.29, 1.82) is 5.39 Å². The van der Waals surface area contributed by atoms with Gasteiger partial charge in [-0.3, -0.25) is 0 Å². The zero-order chi connectivity index (χ0) is 9.14. The third-order valence-electron chi connectivity index (χ3n) is 2.09. The predicted molar refractivity (Wildman–Crippen MR) is 49.7 cm³/mol. The largest absolute Gasteiger partial charge is 1.00 e. The first-order valence-corrected chi connectivity index (χ1v) is 3.93. The first-order valence-electron chi connectivity index (χ1n) is 3.93. The van der Waals surface area contributed by atoms with Gasteiger partial charge < -0.3 is 18.1 Å². The van der Waals surface area contributed by atoms with Crippen LogP contribution in [-0.4, -0.2) is 0 Å². The Labute approximate surface area is 84.0 Å². The van der Waals surface area contributed by atoms with E-state index in [4.69, 9.17) is 11.1 Å². The lowest BCUT2D eigenvalue weighted by atomic mass is 10.0. The molecule has 0 atom stereocenters. The van der Waals surface area contributed by atoms with Crippen molar-refractivity contribution in [3.63, 3.8) is 0 Å². The first-order chi connectivity index (χ1) is 5.70. The maximum absolute atomic E-state index is 8.55. The second-order valence-corrected chi connectivity index (χ2v) is 2.74. The summed E-state index contributed by atoms with van der Waals surface area (Å²) >= 11 is 0. The normalized spacial score (nSPS) is 8.69. The lowest BCUT2D eigenvalue weighted by Gasteiger charge is -2.02. The summed E-state index contributed by atoms with van der Waals surface area (Å²) < 4.78 is 0. The number of hydrogen-bond donors (Lipinski definition) is 1. The molecule has 70 valence electrons. The summed E-state index contributed by atoms with van der Waals surface area (Å²) in [6.07, 6.45) is 0.946. The molecule has 1 aromatic rings. The van der Waals surface area contributed by atoms with Crippen LogP contribution in [0.1, 0.15) is 18.1 Å². The molecule has 0 aliphatic rings. The molecule has 0 fully saturated rings. The van der Waals surface area contributed by atoms with Gasteiger partial charge in [0.2, 0.25) is 5.39 Å². The summed E-state index contributed by atoms with van der Waals surface area (Å²) in [4.78, 5) is 3.08. The summed E-state index contributed by atoms with van der Waals surface area (Å²) in [5, 5.41) is 8.55. The van der Waals surface area contributed by atoms with Crippen LogP contribution >= 0.6 is 0 Å². The van der Waals surface area contributed by atoms with Crippen LogP contribution < -0.4 is 18.1 Å². The Morgan fingerprint density at radius 2 is 2.08 bits per heavy atom. The highest BCUT2D eigenvalue weighted by molar-refractivity contribution is 5.71. The van der Waals surface area contributed by atoms with Crippen LogP contribution in [0.4, 0.5) is 11.4 Å². The van der Waals surface area contributed by atoms with E-state index in [0.717, 1.165) is 12.0 Å². The highest BCUT2D eigenvalue weighted by Crippen LogP contribution is 2.27. The van der Waals surface area contributed by atoms with Crippen molar-refractivity contribution in [3.8, 4) is 0 Å². The molecule has 0 saturated carbocycles. The molecule has 0 aromatic heterocycles. The van der Waals surface area contributed by atoms with E-state index in [-0.39, 0.29) is 12.4 Å². The van der Waals surface area contributed by atoms with E-state index < -0.39 is 0 Å². The third-order valence-corrected chi connectivity index (χ3v) is 2.09. The van der Waals surface area contributed by atoms with Gasteiger partial charge in [-0.2, -0.15) is 0 Å². The van der Waals surface area contributed by atoms with Crippen LogP contribution in [0.2, 0.25) is 0 Å². The Morgan fingerprint density at radius 1 is 1.46 bits per heavy atom. The summed E-state index contributed by atoms with van der Waals surface area (Å²) in [7, 11) is 0. The van der Waals surface area contributed by atoms with Crippen LogP contribution in [0.3, 0.4) is 0 Å². The van der Waals surface area contributed by atoms with Gasteiger partial charge in [0.25, 0.3) is 0 Å². The molecule has 0 spiro atoms. The number of diazo groups is 1. The summed E-state index contributed by atoms with van der Waals surface area (Å²) in [5.74, 6) is 0. The number of rotatable bonds is 1. The topological polar surface area (TPSA) is 54.2 Å². The van der Waals surface area contributed by atoms with Crippen LogP contribution in [0.5, 0.6) is 0 Å². The highest BCUT2D eigenvalue weighted by Gasteiger charge is 2.14. The van der Waals surface area contributed by atoms with Gasteiger partial charge in [0, 0.05) is 6.07 Å². The average molecular weight is 198 g/mol. The molecular weight excluding hydrogens is 186 g/mol. The molecule has 13 heavy (non-hydrogen) atoms. The van der Waals surface area contributed by atoms with E-state index in [9.17, 15) is 0 Å². The maximum atomic E-state index is 8.55. The summed E-state index contributed by atoms with van der Waals surface area (Å²) in [6, 6.07) is 3.65. The predicted octanol–water partition coefficient (Wildman–Crippen LogP) is -0.372. The molecule has 0 aliphatic heterocycles. The van der Waals surface area contributed by atoms with Crippen molar-refractivity contribution in [1.82, 2.24) is 0 Å². The number of halogens is 1. The van der Waals surface area contributed by atoms with Crippen molar-refractivity contribution in [3.05, 3.63) is 28.2 Å². The number of benzene rings is 1. The van der Waals surface area contributed by atoms with E-state index in [1.54, 1.807) is 6.07 Å². The maximum Gasteiger partial charge on any atom is 0.407 e. The number of anilines is 1. The number of hydrogen-bond acceptors (Lipinski definition) is 2. The first kappa shape index (κ1) is 11.7. The Balaban J connectivity index is 0.00000144. The smallest absolute Gasteiger partial charge is 0.407 e. The van der Waals surface area contributed by atoms with E-state index in [2.05, 4.69) is 11.9 Å². The van der Waals surface area contributed by atoms with Gasteiger partial charge in [0.05, 0.1) is 0 Å². The van der Waals surface area contributed by atoms with Gasteiger partial charge >= 0.3 is 5.69 Å². The fraction of sp³-hybridized carbons (Fsp3) is 0.333. The number of nitrogens with zero attached hydrogens (tertiary/aromatic N) is 2. The number of nitrogen functional groups attached to an aromatic ring is 1. The van der Waals surface area contributed by atoms with Gasteiger partial charge in [-0.1, -0.05) is 13.0 Å². The van der Waals surface area contributed by atoms with Gasteiger partial charge in [0.15, 0.2) is 4.98 Å². The summed E-state index contributed by atoms with van der Waals surface area (Å²) in [6.45, 7) is 4.00. The lowest BCUT2D eigenvalue weighted by Crippen LogP contribution is -3.00.